The van der Waals surface area contributed by atoms with Crippen LogP contribution in [-0.2, 0) is 27.2 Å². The number of para-hydroxylation sites is 1. The second-order valence-electron chi connectivity index (χ2n) is 18.0. The largest absolute Gasteiger partial charge is 0.507 e. The van der Waals surface area contributed by atoms with E-state index < -0.39 is 0 Å². The van der Waals surface area contributed by atoms with Gasteiger partial charge in [0.1, 0.15) is 11.8 Å². The fourth-order valence-corrected chi connectivity index (χ4v) is 11.0. The molecule has 14 nitrogen and oxygen atoms in total. The molecule has 61 heavy (non-hydrogen) atoms. The molecule has 1 aromatic heterocycles. The summed E-state index contributed by atoms with van der Waals surface area (Å²) in [5.74, 6) is 1.52. The van der Waals surface area contributed by atoms with Gasteiger partial charge >= 0.3 is 0 Å². The van der Waals surface area contributed by atoms with Gasteiger partial charge in [0.25, 0.3) is 0 Å². The van der Waals surface area contributed by atoms with Gasteiger partial charge < -0.3 is 35.3 Å². The van der Waals surface area contributed by atoms with Crippen LogP contribution >= 0.6 is 0 Å². The van der Waals surface area contributed by atoms with Crippen LogP contribution in [0, 0.1) is 11.8 Å². The number of aromatic nitrogens is 2. The van der Waals surface area contributed by atoms with Gasteiger partial charge in [-0.25, -0.2) is 0 Å². The van der Waals surface area contributed by atoms with Crippen molar-refractivity contribution in [1.29, 1.82) is 0 Å². The number of piperazine rings is 1. The number of benzene rings is 3. The molecule has 0 radical (unpaired) electrons. The number of hydrogen-bond acceptors (Lipinski definition) is 12. The summed E-state index contributed by atoms with van der Waals surface area (Å²) in [5, 5.41) is 21.5. The zero-order valence-electron chi connectivity index (χ0n) is 34.8. The number of piperidine rings is 3. The number of hydrogen-bond donors (Lipinski definition) is 3. The number of nitrogens with one attached hydrogen (secondary N) is 1. The van der Waals surface area contributed by atoms with Gasteiger partial charge in [-0.1, -0.05) is 30.3 Å². The van der Waals surface area contributed by atoms with Crippen LogP contribution in [0.4, 0.5) is 28.6 Å². The summed E-state index contributed by atoms with van der Waals surface area (Å²) in [4.78, 5) is 51.9. The third-order valence-corrected chi connectivity index (χ3v) is 14.2. The van der Waals surface area contributed by atoms with Crippen molar-refractivity contribution in [3.63, 3.8) is 0 Å². The zero-order chi connectivity index (χ0) is 41.6. The predicted octanol–water partition coefficient (Wildman–Crippen LogP) is 3.92. The Bertz CT molecular complexity index is 2310. The molecule has 5 saturated heterocycles. The molecule has 1 unspecified atom stereocenters. The Morgan fingerprint density at radius 2 is 1.57 bits per heavy atom. The smallest absolute Gasteiger partial charge is 0.249 e. The van der Waals surface area contributed by atoms with E-state index in [0.29, 0.717) is 54.3 Å². The number of carbonyl (C=O) groups excluding carboxylic acids is 3. The van der Waals surface area contributed by atoms with Crippen molar-refractivity contribution in [2.75, 3.05) is 97.3 Å². The van der Waals surface area contributed by atoms with E-state index in [1.54, 1.807) is 12.1 Å². The minimum atomic E-state index is -0.297. The van der Waals surface area contributed by atoms with Crippen LogP contribution in [0.25, 0.3) is 11.3 Å². The molecule has 0 saturated carbocycles. The lowest BCUT2D eigenvalue weighted by atomic mass is 9.90. The molecule has 2 bridgehead atoms. The average Bonchev–Trinajstić information content (AvgIpc) is 3.84. The summed E-state index contributed by atoms with van der Waals surface area (Å²) < 4.78 is 0. The van der Waals surface area contributed by atoms with Gasteiger partial charge in [0.05, 0.1) is 17.9 Å². The first-order valence-corrected chi connectivity index (χ1v) is 22.2. The van der Waals surface area contributed by atoms with Crippen LogP contribution in [-0.4, -0.2) is 127 Å². The van der Waals surface area contributed by atoms with Gasteiger partial charge in [0, 0.05) is 106 Å². The molecule has 318 valence electrons. The van der Waals surface area contributed by atoms with E-state index in [0.717, 1.165) is 109 Å². The van der Waals surface area contributed by atoms with Crippen molar-refractivity contribution in [1.82, 2.24) is 25.3 Å². The maximum Gasteiger partial charge on any atom is 0.249 e. The number of anilines is 5. The molecule has 14 heteroatoms. The quantitative estimate of drug-likeness (QED) is 0.210. The SMILES string of the molecule is Nc1nnc(-c2ccccc2O)cc1N1CC2C[C@H](C1)N(c1cccc(CC3CCN(C(=O)CN4CCN(c5cccc6c5CCN6[C@@H]5CCC(=O)NC5=O)CC4)CC3)c1)C2. The van der Waals surface area contributed by atoms with Crippen molar-refractivity contribution in [3.8, 4) is 17.0 Å². The Kier molecular flexibility index (Phi) is 10.6. The Balaban J connectivity index is 0.697. The number of fused-ring (bicyclic) bond motifs is 3. The summed E-state index contributed by atoms with van der Waals surface area (Å²) in [6.45, 7) is 9.03. The van der Waals surface area contributed by atoms with Gasteiger partial charge in [0.15, 0.2) is 5.82 Å². The molecule has 4 N–H and O–H groups in total. The highest BCUT2D eigenvalue weighted by atomic mass is 16.3. The summed E-state index contributed by atoms with van der Waals surface area (Å²) in [6.07, 6.45) is 6.03. The van der Waals surface area contributed by atoms with E-state index in [2.05, 4.69) is 87.4 Å². The highest BCUT2D eigenvalue weighted by Crippen LogP contribution is 2.40. The third kappa shape index (κ3) is 7.93. The molecule has 7 heterocycles. The predicted molar refractivity (Wildman–Crippen MR) is 237 cm³/mol. The first kappa shape index (κ1) is 39.3. The Labute approximate surface area is 357 Å². The highest BCUT2D eigenvalue weighted by Gasteiger charge is 2.40. The average molecular weight is 825 g/mol. The first-order chi connectivity index (χ1) is 29.7. The van der Waals surface area contributed by atoms with E-state index in [1.807, 2.05) is 18.2 Å². The summed E-state index contributed by atoms with van der Waals surface area (Å²) in [5.41, 5.74) is 14.8. The molecular weight excluding hydrogens is 769 g/mol. The van der Waals surface area contributed by atoms with Crippen LogP contribution in [0.2, 0.25) is 0 Å². The number of carbonyl (C=O) groups is 3. The molecule has 4 aromatic rings. The fraction of sp³-hybridized carbons (Fsp3) is 0.468. The van der Waals surface area contributed by atoms with Crippen LogP contribution in [0.3, 0.4) is 0 Å². The summed E-state index contributed by atoms with van der Waals surface area (Å²) in [6, 6.07) is 24.7. The third-order valence-electron chi connectivity index (χ3n) is 14.2. The number of nitrogen functional groups attached to an aromatic ring is 1. The molecule has 3 amide bonds. The number of aromatic hydroxyl groups is 1. The molecule has 0 spiro atoms. The molecule has 3 aromatic carbocycles. The summed E-state index contributed by atoms with van der Waals surface area (Å²) in [7, 11) is 0. The summed E-state index contributed by atoms with van der Waals surface area (Å²) >= 11 is 0. The van der Waals surface area contributed by atoms with Crippen LogP contribution in [0.15, 0.2) is 72.8 Å². The van der Waals surface area contributed by atoms with Crippen molar-refractivity contribution >= 4 is 46.3 Å². The van der Waals surface area contributed by atoms with Crippen LogP contribution in [0.5, 0.6) is 5.75 Å². The van der Waals surface area contributed by atoms with Crippen LogP contribution < -0.4 is 30.7 Å². The first-order valence-electron chi connectivity index (χ1n) is 22.2. The lowest BCUT2D eigenvalue weighted by Crippen LogP contribution is -2.52. The maximum atomic E-state index is 13.6. The van der Waals surface area contributed by atoms with Gasteiger partial charge in [-0.05, 0) is 98.4 Å². The second kappa shape index (κ2) is 16.5. The fourth-order valence-electron chi connectivity index (χ4n) is 11.0. The minimum absolute atomic E-state index is 0.175. The van der Waals surface area contributed by atoms with E-state index in [1.165, 1.54) is 22.5 Å². The number of imide groups is 1. The number of nitrogens with two attached hydrogens (primary N) is 1. The number of nitrogens with zero attached hydrogens (tertiary/aromatic N) is 8. The molecular formula is C47H56N10O4. The van der Waals surface area contributed by atoms with Crippen molar-refractivity contribution in [2.24, 2.45) is 11.8 Å². The maximum absolute atomic E-state index is 13.6. The van der Waals surface area contributed by atoms with E-state index >= 15 is 0 Å². The van der Waals surface area contributed by atoms with Crippen molar-refractivity contribution in [2.45, 2.75) is 57.0 Å². The number of likely N-dealkylation sites (tertiary alicyclic amines) is 1. The standard InChI is InChI=1S/C47H56N10O4/c48-46-42(26-38(50-51-46)36-7-1-2-10-43(36)58)55-27-33-25-35(29-55)57(28-33)34-6-3-5-32(24-34)23-31-13-16-54(17-14-31)45(60)30-52-19-21-53(22-20-52)39-8-4-9-40-37(39)15-18-56(40)41-11-12-44(59)49-47(41)61/h1-10,24,26,31,33,35,41,58H,11-23,25,27-30H2,(H2,48,51)(H,49,59,61)/t33?,35-,41-/m1/s1. The van der Waals surface area contributed by atoms with Gasteiger partial charge in [-0.15, -0.1) is 10.2 Å². The Morgan fingerprint density at radius 1 is 0.770 bits per heavy atom. The normalized spacial score (nSPS) is 23.4. The van der Waals surface area contributed by atoms with Crippen molar-refractivity contribution < 1.29 is 19.5 Å². The van der Waals surface area contributed by atoms with Crippen LogP contribution in [0.1, 0.15) is 43.2 Å². The molecule has 0 aliphatic carbocycles. The number of rotatable bonds is 9. The van der Waals surface area contributed by atoms with Gasteiger partial charge in [-0.3, -0.25) is 24.6 Å². The zero-order valence-corrected chi connectivity index (χ0v) is 34.8. The number of phenolic OH excluding ortho intramolecular Hbond substituents is 1. The highest BCUT2D eigenvalue weighted by molar-refractivity contribution is 6.02. The molecule has 3 atom stereocenters. The second-order valence-corrected chi connectivity index (χ2v) is 18.0. The van der Waals surface area contributed by atoms with E-state index in [9.17, 15) is 19.5 Å². The van der Waals surface area contributed by atoms with E-state index in [-0.39, 0.29) is 29.5 Å². The molecule has 10 rings (SSSR count). The lowest BCUT2D eigenvalue weighted by Gasteiger charge is -2.38. The Hall–Kier alpha value is -5.89. The van der Waals surface area contributed by atoms with Gasteiger partial charge in [-0.2, -0.15) is 0 Å². The molecule has 6 aliphatic heterocycles. The molecule has 6 aliphatic rings. The van der Waals surface area contributed by atoms with E-state index in [4.69, 9.17) is 5.73 Å². The monoisotopic (exact) mass is 824 g/mol. The minimum Gasteiger partial charge on any atom is -0.507 e. The van der Waals surface area contributed by atoms with Crippen molar-refractivity contribution in [3.05, 3.63) is 83.9 Å². The molecule has 5 fully saturated rings. The number of phenols is 1. The van der Waals surface area contributed by atoms with Gasteiger partial charge in [0.2, 0.25) is 17.7 Å². The topological polar surface area (TPSA) is 155 Å². The lowest BCUT2D eigenvalue weighted by molar-refractivity contribution is -0.135. The Morgan fingerprint density at radius 3 is 2.39 bits per heavy atom. The number of amides is 3.